The first-order valence-corrected chi connectivity index (χ1v) is 11.8. The van der Waals surface area contributed by atoms with E-state index in [1.54, 1.807) is 4.90 Å². The Morgan fingerprint density at radius 2 is 1.77 bits per heavy atom. The van der Waals surface area contributed by atoms with Crippen molar-refractivity contribution in [1.82, 2.24) is 28.1 Å². The number of hydrogen-bond donors (Lipinski definition) is 0. The molecule has 0 bridgehead atoms. The highest BCUT2D eigenvalue weighted by Gasteiger charge is 2.30. The highest BCUT2D eigenvalue weighted by Crippen LogP contribution is 2.23. The van der Waals surface area contributed by atoms with E-state index in [0.717, 1.165) is 33.5 Å². The second kappa shape index (κ2) is 8.18. The minimum absolute atomic E-state index is 0.0337. The summed E-state index contributed by atoms with van der Waals surface area (Å²) in [6.07, 6.45) is 0.932. The average molecular weight is 445 g/mol. The minimum atomic E-state index is -3.44. The molecule has 1 aliphatic rings. The molecule has 1 amide bonds. The number of carbonyl (C=O) groups excluding carboxylic acids is 1. The third-order valence-electron chi connectivity index (χ3n) is 5.99. The van der Waals surface area contributed by atoms with Crippen molar-refractivity contribution in [2.45, 2.75) is 26.7 Å². The third-order valence-corrected chi connectivity index (χ3v) is 7.93. The number of piperazine rings is 1. The van der Waals surface area contributed by atoms with Crippen molar-refractivity contribution in [1.29, 1.82) is 0 Å². The lowest BCUT2D eigenvalue weighted by atomic mass is 10.1. The zero-order chi connectivity index (χ0) is 22.3. The van der Waals surface area contributed by atoms with E-state index in [2.05, 4.69) is 5.10 Å². The second-order valence-electron chi connectivity index (χ2n) is 8.08. The standard InChI is InChI=1S/C21H28N6O3S/c1-15-17(16(2)27-21(22-15)18-7-5-6-8-19(18)23-27)9-10-20(28)25-11-13-26(14-12-25)31(29,30)24(3)4/h5-8H,9-14H2,1-4H3. The number of nitrogens with zero attached hydrogens (tertiary/aromatic N) is 6. The SMILES string of the molecule is Cc1nc2c3ccccc3nn2c(C)c1CCC(=O)N1CCN(S(=O)(=O)N(C)C)CC1. The van der Waals surface area contributed by atoms with Crippen LogP contribution in [0.2, 0.25) is 0 Å². The van der Waals surface area contributed by atoms with Crippen LogP contribution in [-0.2, 0) is 21.4 Å². The van der Waals surface area contributed by atoms with Gasteiger partial charge in [-0.05, 0) is 38.0 Å². The Hall–Kier alpha value is -2.56. The predicted molar refractivity (Wildman–Crippen MR) is 119 cm³/mol. The molecule has 0 spiro atoms. The number of aryl methyl sites for hydroxylation is 2. The van der Waals surface area contributed by atoms with Crippen molar-refractivity contribution in [2.24, 2.45) is 0 Å². The van der Waals surface area contributed by atoms with Gasteiger partial charge < -0.3 is 4.90 Å². The number of hydrogen-bond acceptors (Lipinski definition) is 5. The maximum Gasteiger partial charge on any atom is 0.281 e. The Labute approximate surface area is 182 Å². The third kappa shape index (κ3) is 3.90. The van der Waals surface area contributed by atoms with Crippen LogP contribution in [-0.4, -0.2) is 82.7 Å². The average Bonchev–Trinajstić information content (AvgIpc) is 3.12. The quantitative estimate of drug-likeness (QED) is 0.593. The number of benzene rings is 1. The van der Waals surface area contributed by atoms with Gasteiger partial charge in [0.25, 0.3) is 10.2 Å². The van der Waals surface area contributed by atoms with Crippen LogP contribution in [0, 0.1) is 13.8 Å². The fourth-order valence-corrected chi connectivity index (χ4v) is 5.21. The molecule has 10 heteroatoms. The summed E-state index contributed by atoms with van der Waals surface area (Å²) in [7, 11) is -0.399. The summed E-state index contributed by atoms with van der Waals surface area (Å²) in [5, 5.41) is 5.69. The number of carbonyl (C=O) groups is 1. The van der Waals surface area contributed by atoms with Crippen LogP contribution < -0.4 is 0 Å². The van der Waals surface area contributed by atoms with Crippen molar-refractivity contribution >= 4 is 32.7 Å². The van der Waals surface area contributed by atoms with Gasteiger partial charge in [-0.2, -0.15) is 22.1 Å². The van der Waals surface area contributed by atoms with E-state index >= 15 is 0 Å². The molecule has 0 aliphatic carbocycles. The van der Waals surface area contributed by atoms with Gasteiger partial charge >= 0.3 is 0 Å². The van der Waals surface area contributed by atoms with Crippen molar-refractivity contribution in [3.63, 3.8) is 0 Å². The first-order valence-electron chi connectivity index (χ1n) is 10.4. The van der Waals surface area contributed by atoms with Gasteiger partial charge in [-0.25, -0.2) is 9.50 Å². The normalized spacial score (nSPS) is 16.0. The van der Waals surface area contributed by atoms with Crippen LogP contribution in [0.3, 0.4) is 0 Å². The van der Waals surface area contributed by atoms with Crippen LogP contribution in [0.5, 0.6) is 0 Å². The van der Waals surface area contributed by atoms with Gasteiger partial charge in [-0.15, -0.1) is 0 Å². The molecule has 1 aromatic carbocycles. The lowest BCUT2D eigenvalue weighted by Gasteiger charge is -2.35. The molecule has 31 heavy (non-hydrogen) atoms. The number of amides is 1. The molecule has 9 nitrogen and oxygen atoms in total. The molecule has 0 radical (unpaired) electrons. The maximum absolute atomic E-state index is 12.8. The molecule has 0 atom stereocenters. The molecule has 3 heterocycles. The number of fused-ring (bicyclic) bond motifs is 3. The lowest BCUT2D eigenvalue weighted by Crippen LogP contribution is -2.53. The molecule has 1 saturated heterocycles. The molecule has 166 valence electrons. The summed E-state index contributed by atoms with van der Waals surface area (Å²) in [6, 6.07) is 7.92. The van der Waals surface area contributed by atoms with E-state index in [1.165, 1.54) is 22.7 Å². The summed E-state index contributed by atoms with van der Waals surface area (Å²) in [5.41, 5.74) is 4.66. The molecule has 1 aliphatic heterocycles. The fraction of sp³-hybridized carbons (Fsp3) is 0.476. The van der Waals surface area contributed by atoms with E-state index < -0.39 is 10.2 Å². The molecule has 0 unspecified atom stereocenters. The van der Waals surface area contributed by atoms with Gasteiger partial charge in [0, 0.05) is 63.5 Å². The topological polar surface area (TPSA) is 91.1 Å². The molecular formula is C21H28N6O3S. The summed E-state index contributed by atoms with van der Waals surface area (Å²) >= 11 is 0. The Kier molecular flexibility index (Phi) is 5.71. The molecule has 2 aromatic heterocycles. The van der Waals surface area contributed by atoms with Gasteiger partial charge in [0.2, 0.25) is 5.91 Å². The van der Waals surface area contributed by atoms with Gasteiger partial charge in [0.15, 0.2) is 5.65 Å². The van der Waals surface area contributed by atoms with Crippen molar-refractivity contribution in [3.8, 4) is 0 Å². The molecule has 0 N–H and O–H groups in total. The maximum atomic E-state index is 12.8. The molecule has 0 saturated carbocycles. The van der Waals surface area contributed by atoms with E-state index in [-0.39, 0.29) is 5.91 Å². The highest BCUT2D eigenvalue weighted by atomic mass is 32.2. The Bertz CT molecular complexity index is 1240. The lowest BCUT2D eigenvalue weighted by molar-refractivity contribution is -0.132. The smallest absolute Gasteiger partial charge is 0.281 e. The van der Waals surface area contributed by atoms with E-state index in [1.807, 2.05) is 42.6 Å². The largest absolute Gasteiger partial charge is 0.340 e. The Morgan fingerprint density at radius 3 is 2.45 bits per heavy atom. The zero-order valence-electron chi connectivity index (χ0n) is 18.4. The fourth-order valence-electron chi connectivity index (χ4n) is 4.13. The monoisotopic (exact) mass is 444 g/mol. The number of aromatic nitrogens is 3. The second-order valence-corrected chi connectivity index (χ2v) is 10.2. The summed E-state index contributed by atoms with van der Waals surface area (Å²) < 4.78 is 29.0. The molecular weight excluding hydrogens is 416 g/mol. The van der Waals surface area contributed by atoms with Gasteiger partial charge in [0.05, 0.1) is 5.52 Å². The first-order chi connectivity index (χ1) is 14.7. The van der Waals surface area contributed by atoms with E-state index in [4.69, 9.17) is 4.98 Å². The molecule has 4 rings (SSSR count). The van der Waals surface area contributed by atoms with Crippen molar-refractivity contribution < 1.29 is 13.2 Å². The highest BCUT2D eigenvalue weighted by molar-refractivity contribution is 7.86. The predicted octanol–water partition coefficient (Wildman–Crippen LogP) is 1.38. The van der Waals surface area contributed by atoms with Gasteiger partial charge in [-0.1, -0.05) is 12.1 Å². The van der Waals surface area contributed by atoms with Crippen molar-refractivity contribution in [2.75, 3.05) is 40.3 Å². The Balaban J connectivity index is 1.46. The van der Waals surface area contributed by atoms with Crippen LogP contribution >= 0.6 is 0 Å². The summed E-state index contributed by atoms with van der Waals surface area (Å²) in [5.74, 6) is 0.0337. The van der Waals surface area contributed by atoms with Crippen LogP contribution in [0.1, 0.15) is 23.4 Å². The van der Waals surface area contributed by atoms with E-state index in [9.17, 15) is 13.2 Å². The van der Waals surface area contributed by atoms with Crippen LogP contribution in [0.25, 0.3) is 16.6 Å². The van der Waals surface area contributed by atoms with Gasteiger partial charge in [0.1, 0.15) is 0 Å². The van der Waals surface area contributed by atoms with Crippen molar-refractivity contribution in [3.05, 3.63) is 41.2 Å². The molecule has 3 aromatic rings. The first kappa shape index (κ1) is 21.7. The Morgan fingerprint density at radius 1 is 1.10 bits per heavy atom. The number of rotatable bonds is 5. The van der Waals surface area contributed by atoms with Crippen LogP contribution in [0.4, 0.5) is 0 Å². The van der Waals surface area contributed by atoms with E-state index in [0.29, 0.717) is 39.0 Å². The van der Waals surface area contributed by atoms with Gasteiger partial charge in [-0.3, -0.25) is 4.79 Å². The minimum Gasteiger partial charge on any atom is -0.340 e. The zero-order valence-corrected chi connectivity index (χ0v) is 19.2. The van der Waals surface area contributed by atoms with Crippen LogP contribution in [0.15, 0.2) is 24.3 Å². The summed E-state index contributed by atoms with van der Waals surface area (Å²) in [6.45, 7) is 5.44. The molecule has 1 fully saturated rings. The summed E-state index contributed by atoms with van der Waals surface area (Å²) in [4.78, 5) is 19.3.